The molecule has 0 spiro atoms. The molecule has 1 N–H and O–H groups in total. The smallest absolute Gasteiger partial charge is 0.318 e. The van der Waals surface area contributed by atoms with E-state index in [0.29, 0.717) is 31.5 Å². The van der Waals surface area contributed by atoms with Gasteiger partial charge in [-0.1, -0.05) is 39.8 Å². The molecule has 0 saturated carbocycles. The third-order valence-corrected chi connectivity index (χ3v) is 7.37. The van der Waals surface area contributed by atoms with Gasteiger partial charge in [0.05, 0.1) is 6.04 Å². The maximum Gasteiger partial charge on any atom is 0.318 e. The van der Waals surface area contributed by atoms with E-state index in [4.69, 9.17) is 4.74 Å². The third kappa shape index (κ3) is 7.47. The molecular weight excluding hydrogens is 458 g/mol. The summed E-state index contributed by atoms with van der Waals surface area (Å²) in [6.45, 7) is 14.1. The number of thiophene rings is 1. The first-order valence-corrected chi connectivity index (χ1v) is 13.7. The van der Waals surface area contributed by atoms with Crippen molar-refractivity contribution in [2.75, 3.05) is 26.2 Å². The van der Waals surface area contributed by atoms with Crippen LogP contribution in [0.15, 0.2) is 35.7 Å². The van der Waals surface area contributed by atoms with Crippen molar-refractivity contribution in [3.8, 4) is 5.75 Å². The summed E-state index contributed by atoms with van der Waals surface area (Å²) in [5, 5.41) is 5.04. The van der Waals surface area contributed by atoms with Crippen LogP contribution in [-0.2, 0) is 11.2 Å². The number of hydrogen-bond donors (Lipinski definition) is 1. The van der Waals surface area contributed by atoms with E-state index in [9.17, 15) is 9.59 Å². The van der Waals surface area contributed by atoms with Crippen LogP contribution in [0.3, 0.4) is 0 Å². The van der Waals surface area contributed by atoms with Gasteiger partial charge in [0.2, 0.25) is 5.91 Å². The highest BCUT2D eigenvalue weighted by molar-refractivity contribution is 7.10. The summed E-state index contributed by atoms with van der Waals surface area (Å²) in [6, 6.07) is 9.98. The molecule has 3 amide bonds. The van der Waals surface area contributed by atoms with E-state index >= 15 is 0 Å². The van der Waals surface area contributed by atoms with Crippen molar-refractivity contribution in [3.63, 3.8) is 0 Å². The fraction of sp³-hybridized carbons (Fsp3) is 0.571. The summed E-state index contributed by atoms with van der Waals surface area (Å²) in [5.41, 5.74) is 2.43. The summed E-state index contributed by atoms with van der Waals surface area (Å²) < 4.78 is 6.19. The van der Waals surface area contributed by atoms with Gasteiger partial charge in [-0.15, -0.1) is 11.3 Å². The summed E-state index contributed by atoms with van der Waals surface area (Å²) in [6.07, 6.45) is 1.69. The van der Waals surface area contributed by atoms with E-state index in [2.05, 4.69) is 56.6 Å². The van der Waals surface area contributed by atoms with Gasteiger partial charge in [0.1, 0.15) is 18.9 Å². The molecule has 0 aliphatic carbocycles. The zero-order valence-electron chi connectivity index (χ0n) is 22.0. The second-order valence-electron chi connectivity index (χ2n) is 10.4. The number of carbonyl (C=O) groups excluding carboxylic acids is 2. The molecular formula is C28H41N3O3S. The van der Waals surface area contributed by atoms with E-state index < -0.39 is 0 Å². The average molecular weight is 500 g/mol. The molecule has 3 rings (SSSR count). The Morgan fingerprint density at radius 3 is 2.46 bits per heavy atom. The van der Waals surface area contributed by atoms with Crippen LogP contribution < -0.4 is 10.1 Å². The first-order chi connectivity index (χ1) is 16.7. The predicted octanol–water partition coefficient (Wildman–Crippen LogP) is 5.84. The molecule has 1 aliphatic rings. The molecule has 35 heavy (non-hydrogen) atoms. The fourth-order valence-electron chi connectivity index (χ4n) is 4.26. The molecule has 0 fully saturated rings. The Morgan fingerprint density at radius 1 is 1.11 bits per heavy atom. The molecule has 0 saturated heterocycles. The van der Waals surface area contributed by atoms with E-state index in [-0.39, 0.29) is 30.6 Å². The lowest BCUT2D eigenvalue weighted by Crippen LogP contribution is -2.51. The van der Waals surface area contributed by atoms with Crippen LogP contribution in [0.4, 0.5) is 4.79 Å². The first kappa shape index (κ1) is 27.1. The SMILES string of the molecule is CC(C)CCN(CC(=O)N1CCc2sccc2[C@H]1COc1ccc(C(C)C)cc1)C(=O)NC(C)C. The van der Waals surface area contributed by atoms with E-state index in [1.807, 2.05) is 30.9 Å². The molecule has 1 atom stereocenters. The second-order valence-corrected chi connectivity index (χ2v) is 11.4. The number of fused-ring (bicyclic) bond motifs is 1. The zero-order valence-corrected chi connectivity index (χ0v) is 22.9. The van der Waals surface area contributed by atoms with Crippen molar-refractivity contribution >= 4 is 23.3 Å². The van der Waals surface area contributed by atoms with Crippen molar-refractivity contribution in [1.29, 1.82) is 0 Å². The lowest BCUT2D eigenvalue weighted by Gasteiger charge is -2.37. The number of nitrogens with one attached hydrogen (secondary N) is 1. The molecule has 2 heterocycles. The van der Waals surface area contributed by atoms with Crippen LogP contribution >= 0.6 is 11.3 Å². The Kier molecular flexibility index (Phi) is 9.61. The molecule has 0 unspecified atom stereocenters. The van der Waals surface area contributed by atoms with Gasteiger partial charge in [-0.05, 0) is 73.2 Å². The van der Waals surface area contributed by atoms with Gasteiger partial charge in [-0.2, -0.15) is 0 Å². The van der Waals surface area contributed by atoms with Crippen LogP contribution in [0.1, 0.15) is 75.9 Å². The van der Waals surface area contributed by atoms with Crippen LogP contribution in [0.5, 0.6) is 5.75 Å². The molecule has 7 heteroatoms. The zero-order chi connectivity index (χ0) is 25.5. The van der Waals surface area contributed by atoms with E-state index in [0.717, 1.165) is 24.2 Å². The maximum absolute atomic E-state index is 13.6. The van der Waals surface area contributed by atoms with Crippen LogP contribution in [-0.4, -0.2) is 54.0 Å². The van der Waals surface area contributed by atoms with Gasteiger partial charge in [0, 0.05) is 24.0 Å². The van der Waals surface area contributed by atoms with E-state index in [1.165, 1.54) is 10.4 Å². The molecule has 0 radical (unpaired) electrons. The average Bonchev–Trinajstić information content (AvgIpc) is 3.28. The van der Waals surface area contributed by atoms with Crippen LogP contribution in [0.25, 0.3) is 0 Å². The molecule has 6 nitrogen and oxygen atoms in total. The number of nitrogens with zero attached hydrogens (tertiary/aromatic N) is 2. The van der Waals surface area contributed by atoms with Crippen molar-refractivity contribution in [2.24, 2.45) is 5.92 Å². The molecule has 2 aromatic rings. The molecule has 0 bridgehead atoms. The highest BCUT2D eigenvalue weighted by Gasteiger charge is 2.33. The number of rotatable bonds is 10. The minimum Gasteiger partial charge on any atom is -0.491 e. The largest absolute Gasteiger partial charge is 0.491 e. The minimum absolute atomic E-state index is 0.0192. The quantitative estimate of drug-likeness (QED) is 0.447. The number of carbonyl (C=O) groups is 2. The second kappa shape index (κ2) is 12.4. The molecule has 192 valence electrons. The number of ether oxygens (including phenoxy) is 1. The summed E-state index contributed by atoms with van der Waals surface area (Å²) in [7, 11) is 0. The number of benzene rings is 1. The minimum atomic E-state index is -0.180. The van der Waals surface area contributed by atoms with Gasteiger partial charge in [0.15, 0.2) is 0 Å². The predicted molar refractivity (Wildman–Crippen MR) is 143 cm³/mol. The van der Waals surface area contributed by atoms with Gasteiger partial charge in [-0.25, -0.2) is 4.79 Å². The Bertz CT molecular complexity index is 968. The lowest BCUT2D eigenvalue weighted by atomic mass is 10.00. The van der Waals surface area contributed by atoms with Crippen LogP contribution in [0.2, 0.25) is 0 Å². The summed E-state index contributed by atoms with van der Waals surface area (Å²) in [4.78, 5) is 31.3. The maximum atomic E-state index is 13.6. The first-order valence-electron chi connectivity index (χ1n) is 12.8. The standard InChI is InChI=1S/C28H41N3O3S/c1-19(2)11-14-30(28(33)29-21(5)6)17-27(32)31-15-12-26-24(13-16-35-26)25(31)18-34-23-9-7-22(8-10-23)20(3)4/h7-10,13,16,19-21,25H,11-12,14-15,17-18H2,1-6H3,(H,29,33)/t25-/m1/s1. The van der Waals surface area contributed by atoms with Crippen molar-refractivity contribution in [2.45, 2.75) is 72.4 Å². The van der Waals surface area contributed by atoms with Gasteiger partial charge in [0.25, 0.3) is 0 Å². The number of urea groups is 1. The van der Waals surface area contributed by atoms with Crippen molar-refractivity contribution < 1.29 is 14.3 Å². The molecule has 1 aliphatic heterocycles. The van der Waals surface area contributed by atoms with Gasteiger partial charge < -0.3 is 19.9 Å². The summed E-state index contributed by atoms with van der Waals surface area (Å²) in [5.74, 6) is 1.69. The highest BCUT2D eigenvalue weighted by Crippen LogP contribution is 2.34. The van der Waals surface area contributed by atoms with Crippen LogP contribution in [0, 0.1) is 5.92 Å². The lowest BCUT2D eigenvalue weighted by molar-refractivity contribution is -0.135. The third-order valence-electron chi connectivity index (χ3n) is 6.37. The topological polar surface area (TPSA) is 61.9 Å². The number of hydrogen-bond acceptors (Lipinski definition) is 4. The van der Waals surface area contributed by atoms with Crippen molar-refractivity contribution in [1.82, 2.24) is 15.1 Å². The Hall–Kier alpha value is -2.54. The van der Waals surface area contributed by atoms with Gasteiger partial charge in [-0.3, -0.25) is 4.79 Å². The Morgan fingerprint density at radius 2 is 1.83 bits per heavy atom. The van der Waals surface area contributed by atoms with Gasteiger partial charge >= 0.3 is 6.03 Å². The normalized spacial score (nSPS) is 15.5. The summed E-state index contributed by atoms with van der Waals surface area (Å²) >= 11 is 1.74. The Balaban J connectivity index is 1.74. The molecule has 1 aromatic carbocycles. The van der Waals surface area contributed by atoms with E-state index in [1.54, 1.807) is 16.2 Å². The highest BCUT2D eigenvalue weighted by atomic mass is 32.1. The monoisotopic (exact) mass is 499 g/mol. The van der Waals surface area contributed by atoms with Crippen molar-refractivity contribution in [3.05, 3.63) is 51.7 Å². The Labute approximate surface area is 214 Å². The fourth-order valence-corrected chi connectivity index (χ4v) is 5.19. The number of amides is 3. The molecule has 1 aromatic heterocycles.